The molecule has 0 unspecified atom stereocenters. The van der Waals surface area contributed by atoms with Crippen LogP contribution in [0.3, 0.4) is 0 Å². The maximum atomic E-state index is 12.2. The first kappa shape index (κ1) is 20.0. The van der Waals surface area contributed by atoms with Gasteiger partial charge in [0.05, 0.1) is 6.61 Å². The Labute approximate surface area is 166 Å². The zero-order valence-corrected chi connectivity index (χ0v) is 16.8. The summed E-state index contributed by atoms with van der Waals surface area (Å²) in [7, 11) is 1.63. The first-order chi connectivity index (χ1) is 13.3. The van der Waals surface area contributed by atoms with Crippen LogP contribution in [0, 0.1) is 0 Å². The lowest BCUT2D eigenvalue weighted by Crippen LogP contribution is -2.33. The zero-order valence-electron chi connectivity index (χ0n) is 16.8. The number of methoxy groups -OCH3 is 1. The highest BCUT2D eigenvalue weighted by Gasteiger charge is 2.21. The lowest BCUT2D eigenvalue weighted by atomic mass is 9.87. The average Bonchev–Trinajstić information content (AvgIpc) is 2.66. The summed E-state index contributed by atoms with van der Waals surface area (Å²) in [5.74, 6) is 1.07. The van der Waals surface area contributed by atoms with Gasteiger partial charge < -0.3 is 19.5 Å². The highest BCUT2D eigenvalue weighted by atomic mass is 16.6. The summed E-state index contributed by atoms with van der Waals surface area (Å²) in [5, 5.41) is 2.85. The Balaban J connectivity index is 1.60. The number of benzene rings is 2. The van der Waals surface area contributed by atoms with Crippen LogP contribution in [-0.2, 0) is 14.9 Å². The van der Waals surface area contributed by atoms with Gasteiger partial charge in [-0.25, -0.2) is 0 Å². The standard InChI is InChI=1S/C23H27NO4/c1-23(2,3)17-8-5-16(6-9-17)7-12-22(25)24-18-10-11-20-21(13-18)27-15-19(28-20)14-26-4/h5-13,19H,14-15H2,1-4H3,(H,24,25)/b12-7+/t19-/m1/s1. The van der Waals surface area contributed by atoms with Gasteiger partial charge in [0.15, 0.2) is 17.6 Å². The topological polar surface area (TPSA) is 56.8 Å². The minimum absolute atomic E-state index is 0.113. The second-order valence-corrected chi connectivity index (χ2v) is 7.86. The van der Waals surface area contributed by atoms with Gasteiger partial charge in [-0.15, -0.1) is 0 Å². The first-order valence-corrected chi connectivity index (χ1v) is 9.37. The Morgan fingerprint density at radius 3 is 2.61 bits per heavy atom. The molecule has 1 aliphatic heterocycles. The number of rotatable bonds is 5. The summed E-state index contributed by atoms with van der Waals surface area (Å²) in [6, 6.07) is 13.6. The molecule has 1 amide bonds. The number of carbonyl (C=O) groups is 1. The lowest BCUT2D eigenvalue weighted by Gasteiger charge is -2.26. The molecular formula is C23H27NO4. The van der Waals surface area contributed by atoms with Crippen LogP contribution >= 0.6 is 0 Å². The van der Waals surface area contributed by atoms with Crippen LogP contribution in [0.1, 0.15) is 31.9 Å². The van der Waals surface area contributed by atoms with Gasteiger partial charge in [-0.1, -0.05) is 45.0 Å². The number of anilines is 1. The van der Waals surface area contributed by atoms with Crippen molar-refractivity contribution in [2.45, 2.75) is 32.3 Å². The monoisotopic (exact) mass is 381 g/mol. The van der Waals surface area contributed by atoms with Gasteiger partial charge in [-0.05, 0) is 34.8 Å². The molecule has 5 heteroatoms. The van der Waals surface area contributed by atoms with E-state index in [0.29, 0.717) is 30.4 Å². The van der Waals surface area contributed by atoms with Crippen LogP contribution < -0.4 is 14.8 Å². The van der Waals surface area contributed by atoms with Gasteiger partial charge in [-0.3, -0.25) is 4.79 Å². The van der Waals surface area contributed by atoms with Crippen LogP contribution in [-0.4, -0.2) is 32.3 Å². The predicted molar refractivity (Wildman–Crippen MR) is 111 cm³/mol. The predicted octanol–water partition coefficient (Wildman–Crippen LogP) is 4.42. The number of amides is 1. The molecule has 2 aromatic carbocycles. The van der Waals surface area contributed by atoms with E-state index in [2.05, 4.69) is 38.2 Å². The zero-order chi connectivity index (χ0) is 20.1. The third-order valence-electron chi connectivity index (χ3n) is 4.49. The van der Waals surface area contributed by atoms with E-state index in [1.54, 1.807) is 31.4 Å². The third kappa shape index (κ3) is 5.14. The summed E-state index contributed by atoms with van der Waals surface area (Å²) >= 11 is 0. The molecule has 0 radical (unpaired) electrons. The number of ether oxygens (including phenoxy) is 3. The van der Waals surface area contributed by atoms with Crippen molar-refractivity contribution in [3.63, 3.8) is 0 Å². The van der Waals surface area contributed by atoms with Crippen molar-refractivity contribution in [1.82, 2.24) is 0 Å². The molecule has 0 spiro atoms. The van der Waals surface area contributed by atoms with Gasteiger partial charge in [0.2, 0.25) is 5.91 Å². The Hall–Kier alpha value is -2.79. The van der Waals surface area contributed by atoms with Gasteiger partial charge in [0.1, 0.15) is 6.61 Å². The molecular weight excluding hydrogens is 354 g/mol. The number of hydrogen-bond acceptors (Lipinski definition) is 4. The van der Waals surface area contributed by atoms with E-state index in [1.807, 2.05) is 12.1 Å². The fourth-order valence-electron chi connectivity index (χ4n) is 2.91. The van der Waals surface area contributed by atoms with Gasteiger partial charge in [0, 0.05) is 24.9 Å². The summed E-state index contributed by atoms with van der Waals surface area (Å²) < 4.78 is 16.6. The molecule has 28 heavy (non-hydrogen) atoms. The number of hydrogen-bond donors (Lipinski definition) is 1. The molecule has 2 aromatic rings. The maximum absolute atomic E-state index is 12.2. The molecule has 5 nitrogen and oxygen atoms in total. The molecule has 0 aliphatic carbocycles. The fraction of sp³-hybridized carbons (Fsp3) is 0.348. The molecule has 0 bridgehead atoms. The first-order valence-electron chi connectivity index (χ1n) is 9.37. The van der Waals surface area contributed by atoms with Gasteiger partial charge in [-0.2, -0.15) is 0 Å². The van der Waals surface area contributed by atoms with E-state index in [1.165, 1.54) is 11.6 Å². The van der Waals surface area contributed by atoms with E-state index >= 15 is 0 Å². The summed E-state index contributed by atoms with van der Waals surface area (Å²) in [6.45, 7) is 7.42. The molecule has 1 atom stereocenters. The maximum Gasteiger partial charge on any atom is 0.248 e. The summed E-state index contributed by atoms with van der Waals surface area (Å²) in [5.41, 5.74) is 3.01. The van der Waals surface area contributed by atoms with Crippen molar-refractivity contribution in [2.24, 2.45) is 0 Å². The van der Waals surface area contributed by atoms with Crippen molar-refractivity contribution in [1.29, 1.82) is 0 Å². The highest BCUT2D eigenvalue weighted by molar-refractivity contribution is 6.02. The number of fused-ring (bicyclic) bond motifs is 1. The van der Waals surface area contributed by atoms with E-state index in [-0.39, 0.29) is 17.4 Å². The molecule has 3 rings (SSSR count). The number of carbonyl (C=O) groups excluding carboxylic acids is 1. The fourth-order valence-corrected chi connectivity index (χ4v) is 2.91. The molecule has 148 valence electrons. The highest BCUT2D eigenvalue weighted by Crippen LogP contribution is 2.34. The van der Waals surface area contributed by atoms with Crippen molar-refractivity contribution >= 4 is 17.7 Å². The average molecular weight is 381 g/mol. The normalized spacial score (nSPS) is 16.2. The molecule has 0 saturated carbocycles. The Bertz CT molecular complexity index is 850. The van der Waals surface area contributed by atoms with E-state index < -0.39 is 0 Å². The van der Waals surface area contributed by atoms with Gasteiger partial charge >= 0.3 is 0 Å². The summed E-state index contributed by atoms with van der Waals surface area (Å²) in [4.78, 5) is 12.2. The lowest BCUT2D eigenvalue weighted by molar-refractivity contribution is -0.111. The molecule has 1 heterocycles. The van der Waals surface area contributed by atoms with E-state index in [4.69, 9.17) is 14.2 Å². The van der Waals surface area contributed by atoms with Crippen LogP contribution in [0.5, 0.6) is 11.5 Å². The second kappa shape index (κ2) is 8.48. The van der Waals surface area contributed by atoms with Gasteiger partial charge in [0.25, 0.3) is 0 Å². The molecule has 1 aliphatic rings. The minimum atomic E-state index is -0.200. The summed E-state index contributed by atoms with van der Waals surface area (Å²) in [6.07, 6.45) is 3.21. The van der Waals surface area contributed by atoms with Crippen molar-refractivity contribution in [2.75, 3.05) is 25.6 Å². The van der Waals surface area contributed by atoms with Crippen molar-refractivity contribution in [3.8, 4) is 11.5 Å². The van der Waals surface area contributed by atoms with Crippen LogP contribution in [0.4, 0.5) is 5.69 Å². The third-order valence-corrected chi connectivity index (χ3v) is 4.49. The van der Waals surface area contributed by atoms with E-state index in [0.717, 1.165) is 5.56 Å². The Morgan fingerprint density at radius 2 is 1.93 bits per heavy atom. The minimum Gasteiger partial charge on any atom is -0.486 e. The Kier molecular flexibility index (Phi) is 6.05. The second-order valence-electron chi connectivity index (χ2n) is 7.86. The molecule has 0 saturated heterocycles. The van der Waals surface area contributed by atoms with E-state index in [9.17, 15) is 4.79 Å². The van der Waals surface area contributed by atoms with Crippen molar-refractivity contribution in [3.05, 3.63) is 59.7 Å². The molecule has 0 fully saturated rings. The molecule has 0 aromatic heterocycles. The molecule has 1 N–H and O–H groups in total. The largest absolute Gasteiger partial charge is 0.486 e. The number of nitrogens with one attached hydrogen (secondary N) is 1. The van der Waals surface area contributed by atoms with Crippen LogP contribution in [0.25, 0.3) is 6.08 Å². The SMILES string of the molecule is COC[C@@H]1COc2cc(NC(=O)/C=C/c3ccc(C(C)(C)C)cc3)ccc2O1. The Morgan fingerprint density at radius 1 is 1.18 bits per heavy atom. The van der Waals surface area contributed by atoms with Crippen LogP contribution in [0.2, 0.25) is 0 Å². The van der Waals surface area contributed by atoms with Crippen LogP contribution in [0.15, 0.2) is 48.5 Å². The quantitative estimate of drug-likeness (QED) is 0.779. The smallest absolute Gasteiger partial charge is 0.248 e. The van der Waals surface area contributed by atoms with Crippen molar-refractivity contribution < 1.29 is 19.0 Å².